The highest BCUT2D eigenvalue weighted by Gasteiger charge is 2.29. The summed E-state index contributed by atoms with van der Waals surface area (Å²) in [4.78, 5) is 0. The molecule has 2 nitrogen and oxygen atoms in total. The average molecular weight is 227 g/mol. The Bertz CT molecular complexity index is 351. The van der Waals surface area contributed by atoms with Gasteiger partial charge in [0, 0.05) is 24.2 Å². The van der Waals surface area contributed by atoms with Crippen molar-refractivity contribution in [2.45, 2.75) is 19.4 Å². The predicted molar refractivity (Wildman–Crippen MR) is 60.1 cm³/mol. The van der Waals surface area contributed by atoms with Crippen LogP contribution in [0, 0.1) is 12.8 Å². The Labute approximate surface area is 94.8 Å². The largest absolute Gasteiger partial charge is 0.396 e. The molecule has 1 heterocycles. The van der Waals surface area contributed by atoms with Gasteiger partial charge in [-0.2, -0.15) is 0 Å². The van der Waals surface area contributed by atoms with Crippen molar-refractivity contribution in [3.63, 3.8) is 0 Å². The fraction of sp³-hybridized carbons (Fsp3) is 0.500. The van der Waals surface area contributed by atoms with Gasteiger partial charge in [-0.25, -0.2) is 0 Å². The van der Waals surface area contributed by atoms with Crippen LogP contribution in [0.2, 0.25) is 5.02 Å². The van der Waals surface area contributed by atoms with Gasteiger partial charge in [-0.1, -0.05) is 23.7 Å². The van der Waals surface area contributed by atoms with Crippen LogP contribution in [0.1, 0.15) is 23.7 Å². The third kappa shape index (κ3) is 2.17. The molecule has 1 N–H and O–H groups in total. The standard InChI is InChI=1S/C12H15ClO2/c1-8-2-3-9(6-11(8)13)12-10(7-14)4-5-15-12/h2-3,6,10,12,14H,4-5,7H2,1H3. The lowest BCUT2D eigenvalue weighted by molar-refractivity contribution is 0.0720. The highest BCUT2D eigenvalue weighted by molar-refractivity contribution is 6.31. The van der Waals surface area contributed by atoms with Gasteiger partial charge in [-0.15, -0.1) is 0 Å². The van der Waals surface area contributed by atoms with Gasteiger partial charge in [0.25, 0.3) is 0 Å². The van der Waals surface area contributed by atoms with Crippen molar-refractivity contribution in [1.82, 2.24) is 0 Å². The number of hydrogen-bond donors (Lipinski definition) is 1. The van der Waals surface area contributed by atoms with E-state index in [1.165, 1.54) is 0 Å². The van der Waals surface area contributed by atoms with Crippen LogP contribution in [0.25, 0.3) is 0 Å². The summed E-state index contributed by atoms with van der Waals surface area (Å²) in [7, 11) is 0. The van der Waals surface area contributed by atoms with Gasteiger partial charge in [0.05, 0.1) is 6.10 Å². The maximum absolute atomic E-state index is 9.21. The van der Waals surface area contributed by atoms with Gasteiger partial charge < -0.3 is 9.84 Å². The minimum Gasteiger partial charge on any atom is -0.396 e. The molecule has 82 valence electrons. The van der Waals surface area contributed by atoms with Crippen molar-refractivity contribution in [3.05, 3.63) is 34.3 Å². The van der Waals surface area contributed by atoms with E-state index >= 15 is 0 Å². The topological polar surface area (TPSA) is 29.5 Å². The molecule has 15 heavy (non-hydrogen) atoms. The summed E-state index contributed by atoms with van der Waals surface area (Å²) in [6.45, 7) is 2.88. The molecule has 1 aromatic rings. The fourth-order valence-electron chi connectivity index (χ4n) is 1.98. The summed E-state index contributed by atoms with van der Waals surface area (Å²) >= 11 is 6.07. The van der Waals surface area contributed by atoms with E-state index in [9.17, 15) is 5.11 Å². The molecule has 0 aromatic heterocycles. The monoisotopic (exact) mass is 226 g/mol. The number of halogens is 1. The molecule has 0 bridgehead atoms. The van der Waals surface area contributed by atoms with E-state index in [0.717, 1.165) is 29.2 Å². The molecule has 0 radical (unpaired) electrons. The Balaban J connectivity index is 2.25. The van der Waals surface area contributed by atoms with Gasteiger partial charge in [0.15, 0.2) is 0 Å². The smallest absolute Gasteiger partial charge is 0.0876 e. The maximum Gasteiger partial charge on any atom is 0.0876 e. The second-order valence-corrected chi connectivity index (χ2v) is 4.44. The molecule has 1 aliphatic rings. The number of aliphatic hydroxyl groups excluding tert-OH is 1. The first-order valence-electron chi connectivity index (χ1n) is 5.21. The van der Waals surface area contributed by atoms with E-state index in [4.69, 9.17) is 16.3 Å². The van der Waals surface area contributed by atoms with Gasteiger partial charge in [-0.3, -0.25) is 0 Å². The van der Waals surface area contributed by atoms with Crippen molar-refractivity contribution in [3.8, 4) is 0 Å². The van der Waals surface area contributed by atoms with Crippen molar-refractivity contribution in [1.29, 1.82) is 0 Å². The zero-order chi connectivity index (χ0) is 10.8. The zero-order valence-corrected chi connectivity index (χ0v) is 9.50. The lowest BCUT2D eigenvalue weighted by atomic mass is 9.95. The average Bonchev–Trinajstić information content (AvgIpc) is 2.70. The van der Waals surface area contributed by atoms with E-state index < -0.39 is 0 Å². The molecule has 2 rings (SSSR count). The first kappa shape index (κ1) is 10.9. The number of ether oxygens (including phenoxy) is 1. The van der Waals surface area contributed by atoms with Crippen LogP contribution >= 0.6 is 11.6 Å². The molecular formula is C12H15ClO2. The van der Waals surface area contributed by atoms with Crippen LogP contribution in [-0.4, -0.2) is 18.3 Å². The predicted octanol–water partition coefficient (Wildman–Crippen LogP) is 2.72. The van der Waals surface area contributed by atoms with E-state index in [1.807, 2.05) is 25.1 Å². The molecule has 1 aliphatic heterocycles. The van der Waals surface area contributed by atoms with E-state index in [1.54, 1.807) is 0 Å². The molecule has 1 aromatic carbocycles. The first-order valence-corrected chi connectivity index (χ1v) is 5.58. The third-order valence-corrected chi connectivity index (χ3v) is 3.38. The van der Waals surface area contributed by atoms with Gasteiger partial charge in [0.1, 0.15) is 0 Å². The third-order valence-electron chi connectivity index (χ3n) is 2.97. The van der Waals surface area contributed by atoms with Crippen LogP contribution in [0.5, 0.6) is 0 Å². The maximum atomic E-state index is 9.21. The minimum absolute atomic E-state index is 0.00750. The van der Waals surface area contributed by atoms with Crippen LogP contribution in [-0.2, 0) is 4.74 Å². The van der Waals surface area contributed by atoms with E-state index in [0.29, 0.717) is 0 Å². The molecule has 1 fully saturated rings. The zero-order valence-electron chi connectivity index (χ0n) is 8.74. The minimum atomic E-state index is 0.00750. The van der Waals surface area contributed by atoms with Crippen molar-refractivity contribution < 1.29 is 9.84 Å². The summed E-state index contributed by atoms with van der Waals surface area (Å²) in [5, 5.41) is 9.97. The Kier molecular flexibility index (Phi) is 3.29. The van der Waals surface area contributed by atoms with Crippen LogP contribution in [0.4, 0.5) is 0 Å². The summed E-state index contributed by atoms with van der Waals surface area (Å²) in [5.74, 6) is 0.212. The van der Waals surface area contributed by atoms with Crippen LogP contribution in [0.3, 0.4) is 0 Å². The first-order chi connectivity index (χ1) is 7.22. The molecule has 3 heteroatoms. The molecule has 2 atom stereocenters. The number of hydrogen-bond acceptors (Lipinski definition) is 2. The van der Waals surface area contributed by atoms with Gasteiger partial charge >= 0.3 is 0 Å². The number of benzene rings is 1. The van der Waals surface area contributed by atoms with E-state index in [-0.39, 0.29) is 18.6 Å². The SMILES string of the molecule is Cc1ccc(C2OCCC2CO)cc1Cl. The highest BCUT2D eigenvalue weighted by Crippen LogP contribution is 2.35. The number of aryl methyl sites for hydroxylation is 1. The molecular weight excluding hydrogens is 212 g/mol. The molecule has 0 aliphatic carbocycles. The van der Waals surface area contributed by atoms with Crippen LogP contribution in [0.15, 0.2) is 18.2 Å². The Morgan fingerprint density at radius 2 is 2.33 bits per heavy atom. The number of aliphatic hydroxyl groups is 1. The second kappa shape index (κ2) is 4.52. The number of rotatable bonds is 2. The normalized spacial score (nSPS) is 25.8. The second-order valence-electron chi connectivity index (χ2n) is 4.03. The Hall–Kier alpha value is -0.570. The molecule has 2 unspecified atom stereocenters. The van der Waals surface area contributed by atoms with Crippen molar-refractivity contribution in [2.75, 3.05) is 13.2 Å². The Morgan fingerprint density at radius 1 is 1.53 bits per heavy atom. The lowest BCUT2D eigenvalue weighted by Crippen LogP contribution is -2.11. The summed E-state index contributed by atoms with van der Waals surface area (Å²) in [6.07, 6.45) is 0.931. The van der Waals surface area contributed by atoms with E-state index in [2.05, 4.69) is 0 Å². The highest BCUT2D eigenvalue weighted by atomic mass is 35.5. The Morgan fingerprint density at radius 3 is 3.00 bits per heavy atom. The van der Waals surface area contributed by atoms with Crippen LogP contribution < -0.4 is 0 Å². The molecule has 1 saturated heterocycles. The summed E-state index contributed by atoms with van der Waals surface area (Å²) in [5.41, 5.74) is 2.14. The summed E-state index contributed by atoms with van der Waals surface area (Å²) in [6, 6.07) is 5.96. The van der Waals surface area contributed by atoms with Gasteiger partial charge in [0.2, 0.25) is 0 Å². The van der Waals surface area contributed by atoms with Crippen molar-refractivity contribution >= 4 is 11.6 Å². The quantitative estimate of drug-likeness (QED) is 0.840. The van der Waals surface area contributed by atoms with Gasteiger partial charge in [-0.05, 0) is 30.5 Å². The fourth-order valence-corrected chi connectivity index (χ4v) is 2.16. The van der Waals surface area contributed by atoms with Crippen molar-refractivity contribution in [2.24, 2.45) is 5.92 Å². The molecule has 0 saturated carbocycles. The molecule has 0 spiro atoms. The lowest BCUT2D eigenvalue weighted by Gasteiger charge is -2.17. The molecule has 0 amide bonds. The summed E-state index contributed by atoms with van der Waals surface area (Å²) < 4.78 is 5.62.